The van der Waals surface area contributed by atoms with Gasteiger partial charge in [0.1, 0.15) is 23.4 Å². The second-order valence-electron chi connectivity index (χ2n) is 6.58. The van der Waals surface area contributed by atoms with Crippen molar-refractivity contribution >= 4 is 5.96 Å². The number of halogens is 1. The number of nitrogens with one attached hydrogen (secondary N) is 2. The summed E-state index contributed by atoms with van der Waals surface area (Å²) in [6.07, 6.45) is 0.695. The van der Waals surface area contributed by atoms with E-state index in [9.17, 15) is 4.39 Å². The van der Waals surface area contributed by atoms with Gasteiger partial charge in [-0.05, 0) is 32.4 Å². The highest BCUT2D eigenvalue weighted by molar-refractivity contribution is 5.79. The first kappa shape index (κ1) is 20.7. The van der Waals surface area contributed by atoms with Gasteiger partial charge in [0.15, 0.2) is 5.96 Å². The third kappa shape index (κ3) is 5.98. The second-order valence-corrected chi connectivity index (χ2v) is 6.58. The topological polar surface area (TPSA) is 71.7 Å². The lowest BCUT2D eigenvalue weighted by Crippen LogP contribution is -2.43. The molecule has 2 aromatic rings. The van der Waals surface area contributed by atoms with Crippen molar-refractivity contribution in [3.8, 4) is 5.75 Å². The zero-order chi connectivity index (χ0) is 19.8. The summed E-state index contributed by atoms with van der Waals surface area (Å²) in [5.41, 5.74) is 2.04. The fourth-order valence-electron chi connectivity index (χ4n) is 2.98. The van der Waals surface area contributed by atoms with Gasteiger partial charge in [-0.15, -0.1) is 0 Å². The SMILES string of the molecule is CCC(CNC(=NC)NCC(C)c1c(C)noc1C)Oc1cccc(F)c1. The van der Waals surface area contributed by atoms with E-state index in [0.29, 0.717) is 24.8 Å². The van der Waals surface area contributed by atoms with Gasteiger partial charge in [-0.3, -0.25) is 4.99 Å². The fourth-order valence-corrected chi connectivity index (χ4v) is 2.98. The van der Waals surface area contributed by atoms with Gasteiger partial charge in [-0.2, -0.15) is 0 Å². The molecule has 0 amide bonds. The van der Waals surface area contributed by atoms with Crippen LogP contribution < -0.4 is 15.4 Å². The Morgan fingerprint density at radius 1 is 1.30 bits per heavy atom. The van der Waals surface area contributed by atoms with Crippen molar-refractivity contribution in [2.75, 3.05) is 20.1 Å². The molecule has 0 aliphatic rings. The fraction of sp³-hybridized carbons (Fsp3) is 0.500. The van der Waals surface area contributed by atoms with Crippen LogP contribution in [0, 0.1) is 19.7 Å². The summed E-state index contributed by atoms with van der Waals surface area (Å²) in [7, 11) is 1.73. The van der Waals surface area contributed by atoms with Gasteiger partial charge in [-0.25, -0.2) is 4.39 Å². The first-order chi connectivity index (χ1) is 12.9. The van der Waals surface area contributed by atoms with Crippen LogP contribution in [0.4, 0.5) is 4.39 Å². The van der Waals surface area contributed by atoms with Crippen LogP contribution in [0.5, 0.6) is 5.75 Å². The smallest absolute Gasteiger partial charge is 0.191 e. The quantitative estimate of drug-likeness (QED) is 0.544. The maximum Gasteiger partial charge on any atom is 0.191 e. The molecule has 1 aromatic heterocycles. The molecule has 0 spiro atoms. The number of hydrogen-bond donors (Lipinski definition) is 2. The molecule has 2 unspecified atom stereocenters. The number of aliphatic imine (C=N–C) groups is 1. The minimum Gasteiger partial charge on any atom is -0.489 e. The normalized spacial score (nSPS) is 13.9. The predicted molar refractivity (Wildman–Crippen MR) is 105 cm³/mol. The third-order valence-electron chi connectivity index (χ3n) is 4.43. The van der Waals surface area contributed by atoms with Crippen LogP contribution >= 0.6 is 0 Å². The molecule has 7 heteroatoms. The minimum atomic E-state index is -0.305. The third-order valence-corrected chi connectivity index (χ3v) is 4.43. The Labute approximate surface area is 160 Å². The van der Waals surface area contributed by atoms with E-state index in [1.807, 2.05) is 20.8 Å². The van der Waals surface area contributed by atoms with Crippen LogP contribution in [-0.2, 0) is 0 Å². The lowest BCUT2D eigenvalue weighted by molar-refractivity contribution is 0.198. The van der Waals surface area contributed by atoms with Gasteiger partial charge in [-0.1, -0.05) is 25.1 Å². The van der Waals surface area contributed by atoms with Crippen LogP contribution in [0.15, 0.2) is 33.8 Å². The lowest BCUT2D eigenvalue weighted by atomic mass is 10.00. The standard InChI is InChI=1S/C20H29FN4O2/c1-6-17(26-18-9-7-8-16(21)10-18)12-24-20(22-5)23-11-13(2)19-14(3)25-27-15(19)4/h7-10,13,17H,6,11-12H2,1-5H3,(H2,22,23,24). The van der Waals surface area contributed by atoms with Crippen molar-refractivity contribution in [1.82, 2.24) is 15.8 Å². The predicted octanol–water partition coefficient (Wildman–Crippen LogP) is 3.56. The van der Waals surface area contributed by atoms with Crippen LogP contribution in [0.1, 0.15) is 43.2 Å². The number of nitrogens with zero attached hydrogens (tertiary/aromatic N) is 2. The van der Waals surface area contributed by atoms with Gasteiger partial charge in [0.05, 0.1) is 12.2 Å². The van der Waals surface area contributed by atoms with Gasteiger partial charge >= 0.3 is 0 Å². The number of guanidine groups is 1. The average Bonchev–Trinajstić information content (AvgIpc) is 2.99. The molecule has 27 heavy (non-hydrogen) atoms. The van der Waals surface area contributed by atoms with Crippen molar-refractivity contribution in [1.29, 1.82) is 0 Å². The molecule has 2 atom stereocenters. The van der Waals surface area contributed by atoms with E-state index in [1.165, 1.54) is 12.1 Å². The Kier molecular flexibility index (Phi) is 7.64. The molecule has 0 saturated heterocycles. The first-order valence-corrected chi connectivity index (χ1v) is 9.24. The van der Waals surface area contributed by atoms with Crippen LogP contribution in [0.25, 0.3) is 0 Å². The molecule has 2 rings (SSSR count). The van der Waals surface area contributed by atoms with E-state index in [-0.39, 0.29) is 17.8 Å². The van der Waals surface area contributed by atoms with Crippen LogP contribution in [-0.4, -0.2) is 37.4 Å². The van der Waals surface area contributed by atoms with Crippen molar-refractivity contribution in [3.63, 3.8) is 0 Å². The maximum atomic E-state index is 13.3. The zero-order valence-corrected chi connectivity index (χ0v) is 16.7. The Balaban J connectivity index is 1.85. The van der Waals surface area contributed by atoms with Gasteiger partial charge in [0.2, 0.25) is 0 Å². The summed E-state index contributed by atoms with van der Waals surface area (Å²) in [5.74, 6) is 1.99. The Hall–Kier alpha value is -2.57. The molecule has 2 N–H and O–H groups in total. The Morgan fingerprint density at radius 3 is 2.63 bits per heavy atom. The Morgan fingerprint density at radius 2 is 2.04 bits per heavy atom. The highest BCUT2D eigenvalue weighted by Crippen LogP contribution is 2.22. The minimum absolute atomic E-state index is 0.0923. The van der Waals surface area contributed by atoms with Crippen molar-refractivity contribution in [2.45, 2.75) is 46.1 Å². The summed E-state index contributed by atoms with van der Waals surface area (Å²) < 4.78 is 24.4. The molecular formula is C20H29FN4O2. The van der Waals surface area contributed by atoms with E-state index in [0.717, 1.165) is 23.4 Å². The largest absolute Gasteiger partial charge is 0.489 e. The molecule has 0 radical (unpaired) electrons. The van der Waals surface area contributed by atoms with E-state index in [4.69, 9.17) is 9.26 Å². The zero-order valence-electron chi connectivity index (χ0n) is 16.7. The number of ether oxygens (including phenoxy) is 1. The summed E-state index contributed by atoms with van der Waals surface area (Å²) in [6.45, 7) is 9.28. The summed E-state index contributed by atoms with van der Waals surface area (Å²) >= 11 is 0. The van der Waals surface area contributed by atoms with Crippen molar-refractivity contribution < 1.29 is 13.7 Å². The number of aromatic nitrogens is 1. The molecule has 0 fully saturated rings. The van der Waals surface area contributed by atoms with E-state index < -0.39 is 0 Å². The van der Waals surface area contributed by atoms with E-state index in [1.54, 1.807) is 19.2 Å². The Bertz CT molecular complexity index is 741. The highest BCUT2D eigenvalue weighted by Gasteiger charge is 2.17. The number of benzene rings is 1. The molecule has 0 bridgehead atoms. The average molecular weight is 376 g/mol. The molecule has 0 aliphatic carbocycles. The molecule has 1 aromatic carbocycles. The second kappa shape index (κ2) is 9.94. The van der Waals surface area contributed by atoms with Crippen LogP contribution in [0.2, 0.25) is 0 Å². The van der Waals surface area contributed by atoms with Gasteiger partial charge in [0, 0.05) is 31.1 Å². The highest BCUT2D eigenvalue weighted by atomic mass is 19.1. The summed E-state index contributed by atoms with van der Waals surface area (Å²) in [6, 6.07) is 6.19. The number of aryl methyl sites for hydroxylation is 2. The molecule has 1 heterocycles. The lowest BCUT2D eigenvalue weighted by Gasteiger charge is -2.21. The van der Waals surface area contributed by atoms with E-state index >= 15 is 0 Å². The molecular weight excluding hydrogens is 347 g/mol. The van der Waals surface area contributed by atoms with E-state index in [2.05, 4.69) is 27.7 Å². The first-order valence-electron chi connectivity index (χ1n) is 9.24. The summed E-state index contributed by atoms with van der Waals surface area (Å²) in [5, 5.41) is 10.6. The number of hydrogen-bond acceptors (Lipinski definition) is 4. The maximum absolute atomic E-state index is 13.3. The number of rotatable bonds is 8. The van der Waals surface area contributed by atoms with Gasteiger partial charge in [0.25, 0.3) is 0 Å². The van der Waals surface area contributed by atoms with Gasteiger partial charge < -0.3 is 19.9 Å². The summed E-state index contributed by atoms with van der Waals surface area (Å²) in [4.78, 5) is 4.25. The van der Waals surface area contributed by atoms with Crippen LogP contribution in [0.3, 0.4) is 0 Å². The molecule has 6 nitrogen and oxygen atoms in total. The molecule has 0 aliphatic heterocycles. The monoisotopic (exact) mass is 376 g/mol. The molecule has 148 valence electrons. The van der Waals surface area contributed by atoms with Crippen molar-refractivity contribution in [2.24, 2.45) is 4.99 Å². The van der Waals surface area contributed by atoms with Crippen molar-refractivity contribution in [3.05, 3.63) is 47.1 Å². The molecule has 0 saturated carbocycles.